The Hall–Kier alpha value is -2.04. The molecule has 27 heavy (non-hydrogen) atoms. The van der Waals surface area contributed by atoms with Crippen molar-refractivity contribution in [2.24, 2.45) is 10.9 Å². The van der Waals surface area contributed by atoms with Crippen molar-refractivity contribution >= 4 is 11.9 Å². The zero-order valence-corrected chi connectivity index (χ0v) is 16.8. The van der Waals surface area contributed by atoms with E-state index in [4.69, 9.17) is 0 Å². The molecule has 2 unspecified atom stereocenters. The lowest BCUT2D eigenvalue weighted by molar-refractivity contribution is -0.134. The van der Waals surface area contributed by atoms with Crippen molar-refractivity contribution in [2.45, 2.75) is 57.4 Å². The van der Waals surface area contributed by atoms with Crippen molar-refractivity contribution in [2.75, 3.05) is 26.7 Å². The van der Waals surface area contributed by atoms with Crippen molar-refractivity contribution in [1.82, 2.24) is 15.5 Å². The first-order chi connectivity index (χ1) is 13.2. The van der Waals surface area contributed by atoms with Gasteiger partial charge in [-0.15, -0.1) is 0 Å². The fourth-order valence-corrected chi connectivity index (χ4v) is 4.34. The molecule has 0 radical (unpaired) electrons. The van der Waals surface area contributed by atoms with Crippen LogP contribution in [-0.2, 0) is 4.79 Å². The molecule has 1 aromatic rings. The summed E-state index contributed by atoms with van der Waals surface area (Å²) in [4.78, 5) is 19.1. The molecule has 2 fully saturated rings. The maximum absolute atomic E-state index is 12.6. The standard InChI is InChI=1S/C22H34N4O/c1-3-17(18-9-5-4-6-10-18)15-24-22(23-2)25-20-13-14-26(16-20)21(27)19-11-7-8-12-19/h4-6,9-10,17,19-20H,3,7-8,11-16H2,1-2H3,(H2,23,24,25). The minimum atomic E-state index is 0.275. The third-order valence-electron chi connectivity index (χ3n) is 6.05. The van der Waals surface area contributed by atoms with Crippen LogP contribution in [0.25, 0.3) is 0 Å². The van der Waals surface area contributed by atoms with E-state index in [9.17, 15) is 4.79 Å². The van der Waals surface area contributed by atoms with Crippen molar-refractivity contribution in [3.63, 3.8) is 0 Å². The lowest BCUT2D eigenvalue weighted by Crippen LogP contribution is -2.46. The summed E-state index contributed by atoms with van der Waals surface area (Å²) < 4.78 is 0. The Morgan fingerprint density at radius 3 is 2.63 bits per heavy atom. The van der Waals surface area contributed by atoms with Crippen LogP contribution in [0, 0.1) is 5.92 Å². The first kappa shape index (κ1) is 19.7. The topological polar surface area (TPSA) is 56.7 Å². The van der Waals surface area contributed by atoms with E-state index in [0.717, 1.165) is 51.3 Å². The number of hydrogen-bond acceptors (Lipinski definition) is 2. The summed E-state index contributed by atoms with van der Waals surface area (Å²) in [5.74, 6) is 1.95. The highest BCUT2D eigenvalue weighted by Gasteiger charge is 2.32. The summed E-state index contributed by atoms with van der Waals surface area (Å²) in [6.45, 7) is 4.74. The van der Waals surface area contributed by atoms with E-state index >= 15 is 0 Å². The Balaban J connectivity index is 1.47. The highest BCUT2D eigenvalue weighted by Crippen LogP contribution is 2.27. The van der Waals surface area contributed by atoms with Gasteiger partial charge in [-0.25, -0.2) is 0 Å². The fourth-order valence-electron chi connectivity index (χ4n) is 4.34. The Morgan fingerprint density at radius 1 is 1.22 bits per heavy atom. The molecule has 2 aliphatic rings. The molecule has 2 atom stereocenters. The fraction of sp³-hybridized carbons (Fsp3) is 0.636. The number of benzene rings is 1. The highest BCUT2D eigenvalue weighted by atomic mass is 16.2. The monoisotopic (exact) mass is 370 g/mol. The predicted molar refractivity (Wildman–Crippen MR) is 111 cm³/mol. The van der Waals surface area contributed by atoms with Crippen molar-refractivity contribution in [1.29, 1.82) is 0 Å². The van der Waals surface area contributed by atoms with Gasteiger partial charge in [0.1, 0.15) is 0 Å². The van der Waals surface area contributed by atoms with E-state index in [-0.39, 0.29) is 5.92 Å². The van der Waals surface area contributed by atoms with Gasteiger partial charge < -0.3 is 15.5 Å². The Bertz CT molecular complexity index is 624. The third-order valence-corrected chi connectivity index (χ3v) is 6.05. The minimum absolute atomic E-state index is 0.275. The minimum Gasteiger partial charge on any atom is -0.356 e. The number of carbonyl (C=O) groups excluding carboxylic acids is 1. The number of nitrogens with one attached hydrogen (secondary N) is 2. The number of nitrogens with zero attached hydrogens (tertiary/aromatic N) is 2. The number of likely N-dealkylation sites (tertiary alicyclic amines) is 1. The van der Waals surface area contributed by atoms with Gasteiger partial charge in [-0.1, -0.05) is 50.1 Å². The SMILES string of the molecule is CCC(CNC(=NC)NC1CCN(C(=O)C2CCCC2)C1)c1ccccc1. The average molecular weight is 371 g/mol. The van der Waals surface area contributed by atoms with Crippen LogP contribution in [-0.4, -0.2) is 49.5 Å². The van der Waals surface area contributed by atoms with Gasteiger partial charge in [0.15, 0.2) is 5.96 Å². The van der Waals surface area contributed by atoms with E-state index in [2.05, 4.69) is 57.8 Å². The van der Waals surface area contributed by atoms with Crippen LogP contribution in [0.15, 0.2) is 35.3 Å². The summed E-state index contributed by atoms with van der Waals surface area (Å²) in [5, 5.41) is 7.00. The molecule has 1 aliphatic heterocycles. The summed E-state index contributed by atoms with van der Waals surface area (Å²) in [6.07, 6.45) is 6.66. The number of guanidine groups is 1. The van der Waals surface area contributed by atoms with Crippen LogP contribution in [0.2, 0.25) is 0 Å². The maximum atomic E-state index is 12.6. The van der Waals surface area contributed by atoms with Gasteiger partial charge in [0.05, 0.1) is 0 Å². The summed E-state index contributed by atoms with van der Waals surface area (Å²) >= 11 is 0. The molecule has 1 saturated carbocycles. The normalized spacial score (nSPS) is 22.1. The predicted octanol–water partition coefficient (Wildman–Crippen LogP) is 3.14. The number of rotatable bonds is 6. The van der Waals surface area contributed by atoms with E-state index < -0.39 is 0 Å². The van der Waals surface area contributed by atoms with Gasteiger partial charge in [0.25, 0.3) is 0 Å². The van der Waals surface area contributed by atoms with Gasteiger partial charge in [0, 0.05) is 44.6 Å². The Kier molecular flexibility index (Phi) is 7.13. The van der Waals surface area contributed by atoms with Gasteiger partial charge >= 0.3 is 0 Å². The van der Waals surface area contributed by atoms with Crippen molar-refractivity contribution in [3.05, 3.63) is 35.9 Å². The smallest absolute Gasteiger partial charge is 0.225 e. The largest absolute Gasteiger partial charge is 0.356 e. The molecule has 1 amide bonds. The van der Waals surface area contributed by atoms with Crippen LogP contribution in [0.5, 0.6) is 0 Å². The average Bonchev–Trinajstić information content (AvgIpc) is 3.40. The molecule has 0 bridgehead atoms. The molecule has 1 saturated heterocycles. The van der Waals surface area contributed by atoms with Gasteiger partial charge in [-0.2, -0.15) is 0 Å². The second-order valence-electron chi connectivity index (χ2n) is 7.86. The molecule has 1 heterocycles. The highest BCUT2D eigenvalue weighted by molar-refractivity contribution is 5.81. The first-order valence-electron chi connectivity index (χ1n) is 10.5. The van der Waals surface area contributed by atoms with Crippen molar-refractivity contribution < 1.29 is 4.79 Å². The number of amides is 1. The van der Waals surface area contributed by atoms with E-state index in [1.54, 1.807) is 0 Å². The second kappa shape index (κ2) is 9.77. The number of carbonyl (C=O) groups is 1. The lowest BCUT2D eigenvalue weighted by Gasteiger charge is -2.22. The van der Waals surface area contributed by atoms with Crippen LogP contribution >= 0.6 is 0 Å². The second-order valence-corrected chi connectivity index (χ2v) is 7.86. The Labute approximate surface area is 163 Å². The summed E-state index contributed by atoms with van der Waals surface area (Å²) in [7, 11) is 1.81. The summed E-state index contributed by atoms with van der Waals surface area (Å²) in [6, 6.07) is 10.9. The first-order valence-corrected chi connectivity index (χ1v) is 10.5. The molecule has 3 rings (SSSR count). The molecule has 5 nitrogen and oxygen atoms in total. The van der Waals surface area contributed by atoms with Crippen LogP contribution < -0.4 is 10.6 Å². The quantitative estimate of drug-likeness (QED) is 0.597. The zero-order chi connectivity index (χ0) is 19.1. The van der Waals surface area contributed by atoms with Gasteiger partial charge in [-0.05, 0) is 31.2 Å². The van der Waals surface area contributed by atoms with Gasteiger partial charge in [0.2, 0.25) is 5.91 Å². The molecule has 1 aromatic carbocycles. The van der Waals surface area contributed by atoms with Crippen molar-refractivity contribution in [3.8, 4) is 0 Å². The van der Waals surface area contributed by atoms with Gasteiger partial charge in [-0.3, -0.25) is 9.79 Å². The molecule has 0 spiro atoms. The molecule has 0 aromatic heterocycles. The number of aliphatic imine (C=N–C) groups is 1. The molecule has 5 heteroatoms. The molecular weight excluding hydrogens is 336 g/mol. The maximum Gasteiger partial charge on any atom is 0.225 e. The lowest BCUT2D eigenvalue weighted by atomic mass is 9.97. The van der Waals surface area contributed by atoms with Crippen LogP contribution in [0.4, 0.5) is 0 Å². The van der Waals surface area contributed by atoms with Crippen LogP contribution in [0.1, 0.15) is 56.9 Å². The summed E-state index contributed by atoms with van der Waals surface area (Å²) in [5.41, 5.74) is 1.36. The van der Waals surface area contributed by atoms with E-state index in [1.165, 1.54) is 18.4 Å². The number of hydrogen-bond donors (Lipinski definition) is 2. The van der Waals surface area contributed by atoms with E-state index in [0.29, 0.717) is 17.9 Å². The van der Waals surface area contributed by atoms with Crippen LogP contribution in [0.3, 0.4) is 0 Å². The zero-order valence-electron chi connectivity index (χ0n) is 16.8. The molecular formula is C22H34N4O. The molecule has 2 N–H and O–H groups in total. The molecule has 1 aliphatic carbocycles. The van der Waals surface area contributed by atoms with E-state index in [1.807, 2.05) is 7.05 Å². The Morgan fingerprint density at radius 2 is 1.96 bits per heavy atom. The molecule has 148 valence electrons. The third kappa shape index (κ3) is 5.24.